The Morgan fingerprint density at radius 1 is 1.18 bits per heavy atom. The Hall–Kier alpha value is -1.77. The van der Waals surface area contributed by atoms with Crippen molar-refractivity contribution in [3.05, 3.63) is 29.8 Å². The fourth-order valence-corrected chi connectivity index (χ4v) is 1.52. The van der Waals surface area contributed by atoms with Gasteiger partial charge in [0.15, 0.2) is 24.7 Å². The number of hydrogen-bond donors (Lipinski definition) is 0. The second-order valence-electron chi connectivity index (χ2n) is 4.43. The van der Waals surface area contributed by atoms with Gasteiger partial charge in [-0.05, 0) is 23.6 Å². The molecule has 90 valence electrons. The van der Waals surface area contributed by atoms with Crippen molar-refractivity contribution in [1.82, 2.24) is 0 Å². The number of carbonyl (C=O) groups excluding carboxylic acids is 1. The summed E-state index contributed by atoms with van der Waals surface area (Å²) in [6.07, 6.45) is 4.16. The van der Waals surface area contributed by atoms with Crippen LogP contribution in [0.2, 0.25) is 0 Å². The molecule has 1 aromatic carbocycles. The monoisotopic (exact) mass is 232 g/mol. The minimum absolute atomic E-state index is 0.0412. The van der Waals surface area contributed by atoms with Crippen LogP contribution in [0, 0.1) is 5.92 Å². The summed E-state index contributed by atoms with van der Waals surface area (Å²) >= 11 is 0. The number of Topliss-reactive ketones (excluding diaryl/α,β-unsaturated/α-hetero) is 1. The maximum Gasteiger partial charge on any atom is 0.207 e. The van der Waals surface area contributed by atoms with Crippen LogP contribution in [-0.4, -0.2) is 19.0 Å². The van der Waals surface area contributed by atoms with Gasteiger partial charge in [0.25, 0.3) is 0 Å². The molecule has 0 saturated carbocycles. The molecule has 2 rings (SSSR count). The van der Waals surface area contributed by atoms with Gasteiger partial charge in [0.2, 0.25) is 5.78 Å². The molecule has 0 aromatic heterocycles. The molecular formula is C14H16O3. The van der Waals surface area contributed by atoms with E-state index in [-0.39, 0.29) is 19.0 Å². The quantitative estimate of drug-likeness (QED) is 0.786. The average molecular weight is 232 g/mol. The first-order valence-electron chi connectivity index (χ1n) is 5.74. The highest BCUT2D eigenvalue weighted by Crippen LogP contribution is 2.30. The third-order valence-corrected chi connectivity index (χ3v) is 2.42. The standard InChI is InChI=1S/C14H16O3/c1-10(2)3-4-11-5-6-13-14(7-11)17-9-12(15)8-16-13/h3-7,10H,8-9H2,1-2H3/b4-3+. The summed E-state index contributed by atoms with van der Waals surface area (Å²) in [6.45, 7) is 4.43. The fourth-order valence-electron chi connectivity index (χ4n) is 1.52. The zero-order valence-electron chi connectivity index (χ0n) is 10.1. The summed E-state index contributed by atoms with van der Waals surface area (Å²) < 4.78 is 10.7. The van der Waals surface area contributed by atoms with Crippen molar-refractivity contribution in [2.75, 3.05) is 13.2 Å². The highest BCUT2D eigenvalue weighted by Gasteiger charge is 2.14. The molecule has 0 radical (unpaired) electrons. The normalized spacial score (nSPS) is 15.4. The largest absolute Gasteiger partial charge is 0.482 e. The number of carbonyl (C=O) groups is 1. The van der Waals surface area contributed by atoms with E-state index < -0.39 is 0 Å². The number of rotatable bonds is 2. The molecule has 1 heterocycles. The molecule has 1 aliphatic rings. The van der Waals surface area contributed by atoms with E-state index in [1.54, 1.807) is 0 Å². The van der Waals surface area contributed by atoms with Gasteiger partial charge in [-0.15, -0.1) is 0 Å². The molecule has 0 N–H and O–H groups in total. The van der Waals surface area contributed by atoms with Crippen molar-refractivity contribution < 1.29 is 14.3 Å². The molecule has 3 nitrogen and oxygen atoms in total. The number of allylic oxidation sites excluding steroid dienone is 1. The summed E-state index contributed by atoms with van der Waals surface area (Å²) in [5.41, 5.74) is 1.05. The van der Waals surface area contributed by atoms with E-state index in [9.17, 15) is 4.79 Å². The lowest BCUT2D eigenvalue weighted by Crippen LogP contribution is -2.15. The Kier molecular flexibility index (Phi) is 3.47. The van der Waals surface area contributed by atoms with Crippen molar-refractivity contribution >= 4 is 11.9 Å². The van der Waals surface area contributed by atoms with Crippen LogP contribution in [0.4, 0.5) is 0 Å². The van der Waals surface area contributed by atoms with E-state index in [1.807, 2.05) is 24.3 Å². The van der Waals surface area contributed by atoms with Gasteiger partial charge < -0.3 is 9.47 Å². The molecule has 0 aliphatic carbocycles. The molecule has 0 saturated heterocycles. The molecule has 17 heavy (non-hydrogen) atoms. The van der Waals surface area contributed by atoms with Crippen LogP contribution in [0.3, 0.4) is 0 Å². The van der Waals surface area contributed by atoms with Crippen LogP contribution in [0.5, 0.6) is 11.5 Å². The fraction of sp³-hybridized carbons (Fsp3) is 0.357. The first-order valence-corrected chi connectivity index (χ1v) is 5.74. The molecule has 1 aromatic rings. The predicted molar refractivity (Wildman–Crippen MR) is 66.3 cm³/mol. The molecule has 0 spiro atoms. The first-order chi connectivity index (χ1) is 8.15. The Bertz CT molecular complexity index is 447. The minimum Gasteiger partial charge on any atom is -0.482 e. The van der Waals surface area contributed by atoms with E-state index in [0.29, 0.717) is 17.4 Å². The maximum atomic E-state index is 11.2. The maximum absolute atomic E-state index is 11.2. The summed E-state index contributed by atoms with van der Waals surface area (Å²) in [6, 6.07) is 5.69. The summed E-state index contributed by atoms with van der Waals surface area (Å²) in [5, 5.41) is 0. The molecule has 0 fully saturated rings. The van der Waals surface area contributed by atoms with Gasteiger partial charge in [0, 0.05) is 0 Å². The second-order valence-corrected chi connectivity index (χ2v) is 4.43. The number of ether oxygens (including phenoxy) is 2. The highest BCUT2D eigenvalue weighted by atomic mass is 16.5. The Labute approximate surface area is 101 Å². The van der Waals surface area contributed by atoms with Crippen LogP contribution in [-0.2, 0) is 4.79 Å². The molecule has 1 aliphatic heterocycles. The molecule has 0 bridgehead atoms. The van der Waals surface area contributed by atoms with E-state index in [0.717, 1.165) is 5.56 Å². The zero-order valence-corrected chi connectivity index (χ0v) is 10.1. The third-order valence-electron chi connectivity index (χ3n) is 2.42. The Morgan fingerprint density at radius 2 is 1.88 bits per heavy atom. The minimum atomic E-state index is -0.0412. The second kappa shape index (κ2) is 5.04. The SMILES string of the molecule is CC(C)/C=C/c1ccc2c(c1)OCC(=O)CO2. The van der Waals surface area contributed by atoms with Gasteiger partial charge in [0.05, 0.1) is 0 Å². The van der Waals surface area contributed by atoms with Crippen LogP contribution >= 0.6 is 0 Å². The number of ketones is 1. The molecule has 0 unspecified atom stereocenters. The van der Waals surface area contributed by atoms with E-state index in [4.69, 9.17) is 9.47 Å². The number of benzene rings is 1. The van der Waals surface area contributed by atoms with Gasteiger partial charge in [-0.2, -0.15) is 0 Å². The first kappa shape index (κ1) is 11.7. The van der Waals surface area contributed by atoms with Gasteiger partial charge in [-0.25, -0.2) is 0 Å². The van der Waals surface area contributed by atoms with Crippen LogP contribution in [0.15, 0.2) is 24.3 Å². The lowest BCUT2D eigenvalue weighted by molar-refractivity contribution is -0.122. The van der Waals surface area contributed by atoms with E-state index >= 15 is 0 Å². The van der Waals surface area contributed by atoms with Crippen molar-refractivity contribution in [3.8, 4) is 11.5 Å². The van der Waals surface area contributed by atoms with Crippen molar-refractivity contribution in [1.29, 1.82) is 0 Å². The Morgan fingerprint density at radius 3 is 2.59 bits per heavy atom. The number of hydrogen-bond acceptors (Lipinski definition) is 3. The van der Waals surface area contributed by atoms with Crippen LogP contribution in [0.25, 0.3) is 6.08 Å². The van der Waals surface area contributed by atoms with Gasteiger partial charge in [0.1, 0.15) is 0 Å². The van der Waals surface area contributed by atoms with Gasteiger partial charge in [-0.3, -0.25) is 4.79 Å². The smallest absolute Gasteiger partial charge is 0.207 e. The third kappa shape index (κ3) is 3.09. The number of fused-ring (bicyclic) bond motifs is 1. The lowest BCUT2D eigenvalue weighted by Gasteiger charge is -2.07. The molecule has 3 heteroatoms. The van der Waals surface area contributed by atoms with Crippen molar-refractivity contribution in [2.24, 2.45) is 5.92 Å². The molecular weight excluding hydrogens is 216 g/mol. The molecule has 0 atom stereocenters. The zero-order chi connectivity index (χ0) is 12.3. The summed E-state index contributed by atoms with van der Waals surface area (Å²) in [5.74, 6) is 1.74. The highest BCUT2D eigenvalue weighted by molar-refractivity contribution is 5.82. The van der Waals surface area contributed by atoms with Gasteiger partial charge >= 0.3 is 0 Å². The van der Waals surface area contributed by atoms with E-state index in [2.05, 4.69) is 19.9 Å². The van der Waals surface area contributed by atoms with Crippen molar-refractivity contribution in [3.63, 3.8) is 0 Å². The van der Waals surface area contributed by atoms with E-state index in [1.165, 1.54) is 0 Å². The van der Waals surface area contributed by atoms with Crippen LogP contribution in [0.1, 0.15) is 19.4 Å². The summed E-state index contributed by atoms with van der Waals surface area (Å²) in [7, 11) is 0. The predicted octanol–water partition coefficient (Wildman–Crippen LogP) is 2.70. The lowest BCUT2D eigenvalue weighted by atomic mass is 10.1. The Balaban J connectivity index is 2.22. The average Bonchev–Trinajstić information content (AvgIpc) is 2.49. The van der Waals surface area contributed by atoms with Crippen molar-refractivity contribution in [2.45, 2.75) is 13.8 Å². The topological polar surface area (TPSA) is 35.5 Å². The van der Waals surface area contributed by atoms with Gasteiger partial charge in [-0.1, -0.05) is 32.1 Å². The summed E-state index contributed by atoms with van der Waals surface area (Å²) in [4.78, 5) is 11.2. The molecule has 0 amide bonds. The van der Waals surface area contributed by atoms with Crippen LogP contribution < -0.4 is 9.47 Å².